The van der Waals surface area contributed by atoms with Crippen LogP contribution >= 0.6 is 11.3 Å². The van der Waals surface area contributed by atoms with Crippen LogP contribution in [-0.4, -0.2) is 17.6 Å². The molecule has 2 aromatic rings. The number of thiophene rings is 1. The van der Waals surface area contributed by atoms with E-state index in [0.717, 1.165) is 4.88 Å². The zero-order valence-corrected chi connectivity index (χ0v) is 11.9. The summed E-state index contributed by atoms with van der Waals surface area (Å²) >= 11 is 1.52. The number of nitrogens with one attached hydrogen (secondary N) is 1. The fourth-order valence-electron chi connectivity index (χ4n) is 1.82. The van der Waals surface area contributed by atoms with Gasteiger partial charge in [-0.3, -0.25) is 4.79 Å². The van der Waals surface area contributed by atoms with Gasteiger partial charge >= 0.3 is 0 Å². The van der Waals surface area contributed by atoms with E-state index in [1.54, 1.807) is 6.92 Å². The van der Waals surface area contributed by atoms with Crippen LogP contribution in [0.1, 0.15) is 17.4 Å². The van der Waals surface area contributed by atoms with Crippen molar-refractivity contribution in [1.82, 2.24) is 5.32 Å². The van der Waals surface area contributed by atoms with Gasteiger partial charge in [-0.15, -0.1) is 11.3 Å². The van der Waals surface area contributed by atoms with Crippen LogP contribution < -0.4 is 5.32 Å². The quantitative estimate of drug-likeness (QED) is 0.889. The highest BCUT2D eigenvalue weighted by Gasteiger charge is 2.23. The normalized spacial score (nSPS) is 13.8. The largest absolute Gasteiger partial charge is 0.384 e. The van der Waals surface area contributed by atoms with Crippen molar-refractivity contribution in [2.75, 3.05) is 6.54 Å². The van der Waals surface area contributed by atoms with Gasteiger partial charge in [-0.25, -0.2) is 4.39 Å². The zero-order valence-electron chi connectivity index (χ0n) is 11.1. The second kappa shape index (κ2) is 6.15. The summed E-state index contributed by atoms with van der Waals surface area (Å²) in [5, 5.41) is 14.9. The second-order valence-corrected chi connectivity index (χ2v) is 5.85. The lowest BCUT2D eigenvalue weighted by atomic mass is 9.96. The summed E-state index contributed by atoms with van der Waals surface area (Å²) in [5.74, 6) is -0.499. The summed E-state index contributed by atoms with van der Waals surface area (Å²) < 4.78 is 12.9. The topological polar surface area (TPSA) is 49.3 Å². The molecule has 2 rings (SSSR count). The van der Waals surface area contributed by atoms with Crippen LogP contribution in [0.25, 0.3) is 0 Å². The summed E-state index contributed by atoms with van der Waals surface area (Å²) in [6, 6.07) is 9.39. The van der Waals surface area contributed by atoms with Crippen molar-refractivity contribution < 1.29 is 14.3 Å². The minimum Gasteiger partial charge on any atom is -0.384 e. The van der Waals surface area contributed by atoms with Crippen molar-refractivity contribution >= 4 is 17.2 Å². The van der Waals surface area contributed by atoms with E-state index >= 15 is 0 Å². The first kappa shape index (κ1) is 14.7. The van der Waals surface area contributed by atoms with Gasteiger partial charge in [0.05, 0.1) is 13.0 Å². The lowest BCUT2D eigenvalue weighted by Gasteiger charge is -2.24. The number of hydrogen-bond donors (Lipinski definition) is 2. The van der Waals surface area contributed by atoms with Gasteiger partial charge in [0.2, 0.25) is 5.91 Å². The Bertz CT molecular complexity index is 564. The minimum absolute atomic E-state index is 0.0862. The molecule has 1 amide bonds. The molecule has 1 unspecified atom stereocenters. The van der Waals surface area contributed by atoms with Crippen LogP contribution in [0, 0.1) is 5.82 Å². The first-order valence-electron chi connectivity index (χ1n) is 6.25. The number of aliphatic hydroxyl groups is 1. The minimum atomic E-state index is -1.22. The van der Waals surface area contributed by atoms with Gasteiger partial charge < -0.3 is 10.4 Å². The molecule has 0 bridgehead atoms. The summed E-state index contributed by atoms with van der Waals surface area (Å²) in [6.45, 7) is 1.68. The highest BCUT2D eigenvalue weighted by atomic mass is 32.1. The van der Waals surface area contributed by atoms with Crippen LogP contribution in [0.15, 0.2) is 41.8 Å². The van der Waals surface area contributed by atoms with Crippen LogP contribution in [0.5, 0.6) is 0 Å². The van der Waals surface area contributed by atoms with E-state index in [9.17, 15) is 14.3 Å². The Kier molecular flexibility index (Phi) is 4.52. The Morgan fingerprint density at radius 3 is 2.65 bits per heavy atom. The summed E-state index contributed by atoms with van der Waals surface area (Å²) in [7, 11) is 0. The van der Waals surface area contributed by atoms with Crippen LogP contribution in [0.2, 0.25) is 0 Å². The van der Waals surface area contributed by atoms with Crippen LogP contribution in [0.3, 0.4) is 0 Å². The predicted octanol–water partition coefficient (Wildman–Crippen LogP) is 2.45. The average Bonchev–Trinajstić information content (AvgIpc) is 2.90. The highest BCUT2D eigenvalue weighted by Crippen LogP contribution is 2.20. The standard InChI is InChI=1S/C15H16FNO2S/c1-15(19,11-4-6-12(16)7-5-11)10-17-14(18)9-13-3-2-8-20-13/h2-8,19H,9-10H2,1H3,(H,17,18). The van der Waals surface area contributed by atoms with Crippen molar-refractivity contribution in [3.05, 3.63) is 58.0 Å². The number of benzene rings is 1. The van der Waals surface area contributed by atoms with Crippen molar-refractivity contribution in [1.29, 1.82) is 0 Å². The average molecular weight is 293 g/mol. The van der Waals surface area contributed by atoms with Crippen molar-refractivity contribution in [3.63, 3.8) is 0 Å². The van der Waals surface area contributed by atoms with Gasteiger partial charge in [-0.1, -0.05) is 18.2 Å². The van der Waals surface area contributed by atoms with E-state index in [-0.39, 0.29) is 18.3 Å². The molecule has 0 saturated heterocycles. The zero-order chi connectivity index (χ0) is 14.6. The Labute approximate surface area is 121 Å². The molecule has 1 aromatic heterocycles. The molecule has 0 spiro atoms. The second-order valence-electron chi connectivity index (χ2n) is 4.81. The molecule has 0 aliphatic carbocycles. The maximum absolute atomic E-state index is 12.9. The fraction of sp³-hybridized carbons (Fsp3) is 0.267. The Morgan fingerprint density at radius 2 is 2.05 bits per heavy atom. The molecular weight excluding hydrogens is 277 g/mol. The monoisotopic (exact) mass is 293 g/mol. The molecule has 2 N–H and O–H groups in total. The molecule has 106 valence electrons. The molecule has 1 atom stereocenters. The van der Waals surface area contributed by atoms with E-state index in [4.69, 9.17) is 0 Å². The van der Waals surface area contributed by atoms with E-state index in [1.165, 1.54) is 35.6 Å². The maximum Gasteiger partial charge on any atom is 0.225 e. The summed E-state index contributed by atoms with van der Waals surface area (Å²) in [5.41, 5.74) is -0.658. The number of carbonyl (C=O) groups is 1. The maximum atomic E-state index is 12.9. The van der Waals surface area contributed by atoms with Gasteiger partial charge in [0.25, 0.3) is 0 Å². The van der Waals surface area contributed by atoms with Gasteiger partial charge in [0, 0.05) is 4.88 Å². The lowest BCUT2D eigenvalue weighted by Crippen LogP contribution is -2.39. The van der Waals surface area contributed by atoms with E-state index < -0.39 is 5.60 Å². The molecular formula is C15H16FNO2S. The first-order valence-corrected chi connectivity index (χ1v) is 7.13. The smallest absolute Gasteiger partial charge is 0.225 e. The molecule has 0 aliphatic heterocycles. The molecule has 5 heteroatoms. The molecule has 3 nitrogen and oxygen atoms in total. The highest BCUT2D eigenvalue weighted by molar-refractivity contribution is 7.10. The van der Waals surface area contributed by atoms with Crippen molar-refractivity contribution in [3.8, 4) is 0 Å². The number of amides is 1. The molecule has 0 fully saturated rings. The number of halogens is 1. The third kappa shape index (κ3) is 3.88. The summed E-state index contributed by atoms with van der Waals surface area (Å²) in [6.07, 6.45) is 0.303. The summed E-state index contributed by atoms with van der Waals surface area (Å²) in [4.78, 5) is 12.7. The van der Waals surface area contributed by atoms with E-state index in [1.807, 2.05) is 17.5 Å². The van der Waals surface area contributed by atoms with Crippen LogP contribution in [0.4, 0.5) is 4.39 Å². The van der Waals surface area contributed by atoms with Crippen LogP contribution in [-0.2, 0) is 16.8 Å². The molecule has 0 aliphatic rings. The number of hydrogen-bond acceptors (Lipinski definition) is 3. The van der Waals surface area contributed by atoms with Crippen molar-refractivity contribution in [2.45, 2.75) is 18.9 Å². The molecule has 0 radical (unpaired) electrons. The lowest BCUT2D eigenvalue weighted by molar-refractivity contribution is -0.121. The number of rotatable bonds is 5. The van der Waals surface area contributed by atoms with E-state index in [2.05, 4.69) is 5.32 Å². The third-order valence-electron chi connectivity index (χ3n) is 3.01. The fourth-order valence-corrected chi connectivity index (χ4v) is 2.52. The Morgan fingerprint density at radius 1 is 1.35 bits per heavy atom. The Hall–Kier alpha value is -1.72. The van der Waals surface area contributed by atoms with Crippen molar-refractivity contribution in [2.24, 2.45) is 0 Å². The van der Waals surface area contributed by atoms with Gasteiger partial charge in [0.1, 0.15) is 11.4 Å². The Balaban J connectivity index is 1.91. The van der Waals surface area contributed by atoms with Gasteiger partial charge in [0.15, 0.2) is 0 Å². The predicted molar refractivity (Wildman–Crippen MR) is 77.0 cm³/mol. The van der Waals surface area contributed by atoms with Gasteiger partial charge in [-0.2, -0.15) is 0 Å². The SMILES string of the molecule is CC(O)(CNC(=O)Cc1cccs1)c1ccc(F)cc1. The molecule has 0 saturated carbocycles. The molecule has 20 heavy (non-hydrogen) atoms. The van der Waals surface area contributed by atoms with Gasteiger partial charge in [-0.05, 0) is 36.1 Å². The first-order chi connectivity index (χ1) is 9.47. The third-order valence-corrected chi connectivity index (χ3v) is 3.89. The van der Waals surface area contributed by atoms with E-state index in [0.29, 0.717) is 12.0 Å². The molecule has 1 aromatic carbocycles. The number of carbonyl (C=O) groups excluding carboxylic acids is 1. The molecule has 1 heterocycles.